The molecular weight excluding hydrogens is 315 g/mol. The molecule has 0 unspecified atom stereocenters. The highest BCUT2D eigenvalue weighted by atomic mass is 32.1. The average molecular weight is 338 g/mol. The highest BCUT2D eigenvalue weighted by molar-refractivity contribution is 7.24. The molecule has 1 saturated heterocycles. The molecule has 1 aromatic heterocycles. The third-order valence-electron chi connectivity index (χ3n) is 4.74. The van der Waals surface area contributed by atoms with Gasteiger partial charge in [-0.2, -0.15) is 0 Å². The van der Waals surface area contributed by atoms with Crippen molar-refractivity contribution in [1.82, 2.24) is 0 Å². The first-order valence-electron chi connectivity index (χ1n) is 7.94. The maximum absolute atomic E-state index is 12.0. The van der Waals surface area contributed by atoms with Crippen LogP contribution in [-0.2, 0) is 14.0 Å². The molecule has 0 N–H and O–H groups in total. The summed E-state index contributed by atoms with van der Waals surface area (Å²) in [6.45, 7) is 8.67. The van der Waals surface area contributed by atoms with E-state index in [1.165, 1.54) is 31.3 Å². The van der Waals surface area contributed by atoms with E-state index in [2.05, 4.69) is 0 Å². The van der Waals surface area contributed by atoms with Crippen LogP contribution in [0.5, 0.6) is 5.75 Å². The molecule has 0 atom stereocenters. The minimum Gasteiger partial charge on any atom is -0.492 e. The number of hydrogen-bond donors (Lipinski definition) is 0. The Bertz CT molecular complexity index is 590. The van der Waals surface area contributed by atoms with Crippen LogP contribution in [0.1, 0.15) is 50.2 Å². The Morgan fingerprint density at radius 1 is 1.30 bits per heavy atom. The van der Waals surface area contributed by atoms with Crippen molar-refractivity contribution >= 4 is 29.2 Å². The van der Waals surface area contributed by atoms with Crippen LogP contribution in [0.2, 0.25) is 0 Å². The van der Waals surface area contributed by atoms with Gasteiger partial charge in [-0.1, -0.05) is 0 Å². The Hall–Kier alpha value is -1.05. The summed E-state index contributed by atoms with van der Waals surface area (Å²) < 4.78 is 23.6. The van der Waals surface area contributed by atoms with Gasteiger partial charge in [-0.05, 0) is 52.5 Å². The van der Waals surface area contributed by atoms with E-state index in [1.807, 2.05) is 33.8 Å². The van der Waals surface area contributed by atoms with E-state index < -0.39 is 18.3 Å². The molecule has 2 heterocycles. The molecule has 1 saturated carbocycles. The van der Waals surface area contributed by atoms with Crippen molar-refractivity contribution in [1.29, 1.82) is 0 Å². The lowest BCUT2D eigenvalue weighted by Crippen LogP contribution is -2.41. The molecule has 0 aromatic carbocycles. The topological polar surface area (TPSA) is 54.0 Å². The molecule has 0 radical (unpaired) electrons. The van der Waals surface area contributed by atoms with E-state index in [4.69, 9.17) is 18.8 Å². The molecule has 0 bridgehead atoms. The predicted molar refractivity (Wildman–Crippen MR) is 89.6 cm³/mol. The molecule has 0 spiro atoms. The summed E-state index contributed by atoms with van der Waals surface area (Å²) in [5.74, 6) is 0.794. The van der Waals surface area contributed by atoms with Gasteiger partial charge in [0, 0.05) is 4.78 Å². The molecule has 126 valence electrons. The van der Waals surface area contributed by atoms with Crippen molar-refractivity contribution in [2.75, 3.05) is 13.7 Å². The molecule has 2 aliphatic rings. The smallest absolute Gasteiger partial charge is 0.492 e. The summed E-state index contributed by atoms with van der Waals surface area (Å²) in [5.41, 5.74) is -0.829. The summed E-state index contributed by atoms with van der Waals surface area (Å²) in [6.07, 6.45) is 2.39. The summed E-state index contributed by atoms with van der Waals surface area (Å²) in [5, 5.41) is 0. The highest BCUT2D eigenvalue weighted by Crippen LogP contribution is 2.38. The fourth-order valence-corrected chi connectivity index (χ4v) is 3.28. The number of rotatable bonds is 5. The van der Waals surface area contributed by atoms with Crippen molar-refractivity contribution in [2.45, 2.75) is 51.7 Å². The van der Waals surface area contributed by atoms with Crippen molar-refractivity contribution in [3.05, 3.63) is 10.9 Å². The number of carbonyl (C=O) groups is 1. The van der Waals surface area contributed by atoms with Gasteiger partial charge in [-0.25, -0.2) is 4.79 Å². The Morgan fingerprint density at radius 2 is 1.91 bits per heavy atom. The molecule has 7 heteroatoms. The Labute approximate surface area is 141 Å². The van der Waals surface area contributed by atoms with Crippen molar-refractivity contribution in [3.8, 4) is 5.75 Å². The number of esters is 1. The van der Waals surface area contributed by atoms with Crippen LogP contribution >= 0.6 is 11.3 Å². The SMILES string of the molecule is COC(=O)c1sc(B2OC(C)(C)C(C)(C)O2)cc1OCC1CC1. The van der Waals surface area contributed by atoms with E-state index >= 15 is 0 Å². The van der Waals surface area contributed by atoms with Crippen LogP contribution in [0.15, 0.2) is 6.07 Å². The van der Waals surface area contributed by atoms with E-state index in [9.17, 15) is 4.79 Å². The fraction of sp³-hybridized carbons (Fsp3) is 0.688. The highest BCUT2D eigenvalue weighted by Gasteiger charge is 2.52. The van der Waals surface area contributed by atoms with E-state index in [-0.39, 0.29) is 5.97 Å². The van der Waals surface area contributed by atoms with Gasteiger partial charge in [-0.15, -0.1) is 11.3 Å². The first-order valence-corrected chi connectivity index (χ1v) is 8.75. The molecule has 0 amide bonds. The van der Waals surface area contributed by atoms with Crippen LogP contribution in [0.3, 0.4) is 0 Å². The summed E-state index contributed by atoms with van der Waals surface area (Å²) in [6, 6.07) is 1.85. The Morgan fingerprint density at radius 3 is 2.43 bits per heavy atom. The van der Waals surface area contributed by atoms with E-state index in [1.54, 1.807) is 0 Å². The summed E-state index contributed by atoms with van der Waals surface area (Å²) in [7, 11) is 0.882. The van der Waals surface area contributed by atoms with Crippen LogP contribution in [0.4, 0.5) is 0 Å². The van der Waals surface area contributed by atoms with Gasteiger partial charge in [-0.3, -0.25) is 0 Å². The second kappa shape index (κ2) is 5.79. The lowest BCUT2D eigenvalue weighted by atomic mass is 9.88. The van der Waals surface area contributed by atoms with E-state index in [0.717, 1.165) is 4.78 Å². The lowest BCUT2D eigenvalue weighted by Gasteiger charge is -2.32. The third-order valence-corrected chi connectivity index (χ3v) is 5.86. The van der Waals surface area contributed by atoms with E-state index in [0.29, 0.717) is 23.2 Å². The van der Waals surface area contributed by atoms with Crippen LogP contribution in [0.25, 0.3) is 0 Å². The first-order chi connectivity index (χ1) is 10.7. The van der Waals surface area contributed by atoms with Gasteiger partial charge in [0.05, 0.1) is 24.9 Å². The number of thiophene rings is 1. The normalized spacial score (nSPS) is 22.2. The zero-order valence-corrected chi connectivity index (χ0v) is 15.1. The molecular formula is C16H23BO5S. The Balaban J connectivity index is 1.83. The summed E-state index contributed by atoms with van der Waals surface area (Å²) in [4.78, 5) is 12.5. The maximum atomic E-state index is 12.0. The number of hydrogen-bond acceptors (Lipinski definition) is 6. The zero-order valence-electron chi connectivity index (χ0n) is 14.3. The molecule has 1 aromatic rings. The van der Waals surface area contributed by atoms with Gasteiger partial charge in [0.15, 0.2) is 4.88 Å². The lowest BCUT2D eigenvalue weighted by molar-refractivity contribution is 0.00578. The number of methoxy groups -OCH3 is 1. The minimum absolute atomic E-state index is 0.386. The predicted octanol–water partition coefficient (Wildman–Crippen LogP) is 2.62. The number of ether oxygens (including phenoxy) is 2. The van der Waals surface area contributed by atoms with Gasteiger partial charge >= 0.3 is 13.1 Å². The molecule has 3 rings (SSSR count). The molecule has 5 nitrogen and oxygen atoms in total. The number of carbonyl (C=O) groups excluding carboxylic acids is 1. The standard InChI is InChI=1S/C16H23BO5S/c1-15(2)16(3,4)22-17(21-15)12-8-11(20-9-10-6-7-10)13(23-12)14(18)19-5/h8,10H,6-7,9H2,1-5H3. The molecule has 1 aliphatic heterocycles. The van der Waals surface area contributed by atoms with Gasteiger partial charge < -0.3 is 18.8 Å². The molecule has 1 aliphatic carbocycles. The van der Waals surface area contributed by atoms with Gasteiger partial charge in [0.1, 0.15) is 5.75 Å². The third kappa shape index (κ3) is 3.27. The van der Waals surface area contributed by atoms with Crippen molar-refractivity contribution in [3.63, 3.8) is 0 Å². The summed E-state index contributed by atoms with van der Waals surface area (Å²) >= 11 is 1.31. The molecule has 2 fully saturated rings. The largest absolute Gasteiger partial charge is 0.505 e. The van der Waals surface area contributed by atoms with Crippen molar-refractivity contribution < 1.29 is 23.6 Å². The van der Waals surface area contributed by atoms with Gasteiger partial charge in [0.2, 0.25) is 0 Å². The average Bonchev–Trinajstić information content (AvgIpc) is 3.15. The van der Waals surface area contributed by atoms with Crippen LogP contribution in [-0.4, -0.2) is 38.0 Å². The second-order valence-electron chi connectivity index (χ2n) is 7.18. The zero-order chi connectivity index (χ0) is 16.8. The first kappa shape index (κ1) is 16.8. The van der Waals surface area contributed by atoms with Crippen molar-refractivity contribution in [2.24, 2.45) is 5.92 Å². The molecule has 23 heavy (non-hydrogen) atoms. The quantitative estimate of drug-likeness (QED) is 0.610. The van der Waals surface area contributed by atoms with Gasteiger partial charge in [0.25, 0.3) is 0 Å². The Kier molecular flexibility index (Phi) is 4.23. The monoisotopic (exact) mass is 338 g/mol. The van der Waals surface area contributed by atoms with Crippen LogP contribution < -0.4 is 9.51 Å². The second-order valence-corrected chi connectivity index (χ2v) is 8.26. The minimum atomic E-state index is -0.494. The maximum Gasteiger partial charge on any atom is 0.505 e. The van der Waals surface area contributed by atoms with Crippen LogP contribution in [0, 0.1) is 5.92 Å². The fourth-order valence-electron chi connectivity index (χ4n) is 2.30.